The fourth-order valence-corrected chi connectivity index (χ4v) is 4.58. The van der Waals surface area contributed by atoms with Gasteiger partial charge in [0, 0.05) is 0 Å². The molecule has 0 aromatic heterocycles. The Hall–Kier alpha value is -2.00. The SMILES string of the molecule is CCOc1cc(/C=C2\SC(=O)N(Cc3ccccc3C)C2=O)cc(I)c1OCC. The van der Waals surface area contributed by atoms with Crippen LogP contribution in [-0.2, 0) is 11.3 Å². The normalized spacial score (nSPS) is 15.3. The molecule has 1 fully saturated rings. The second-order valence-electron chi connectivity index (χ2n) is 6.39. The van der Waals surface area contributed by atoms with E-state index in [-0.39, 0.29) is 17.7 Å². The highest BCUT2D eigenvalue weighted by Gasteiger charge is 2.35. The molecule has 0 bridgehead atoms. The van der Waals surface area contributed by atoms with Crippen LogP contribution in [0, 0.1) is 10.5 Å². The summed E-state index contributed by atoms with van der Waals surface area (Å²) in [7, 11) is 0. The summed E-state index contributed by atoms with van der Waals surface area (Å²) in [6.45, 7) is 7.12. The van der Waals surface area contributed by atoms with Gasteiger partial charge in [0.15, 0.2) is 11.5 Å². The van der Waals surface area contributed by atoms with E-state index in [1.165, 1.54) is 4.90 Å². The Morgan fingerprint density at radius 2 is 1.83 bits per heavy atom. The third-order valence-electron chi connectivity index (χ3n) is 4.38. The number of carbonyl (C=O) groups excluding carboxylic acids is 2. The Kier molecular flexibility index (Phi) is 7.23. The first-order chi connectivity index (χ1) is 13.9. The van der Waals surface area contributed by atoms with Gasteiger partial charge in [-0.2, -0.15) is 0 Å². The van der Waals surface area contributed by atoms with E-state index in [1.54, 1.807) is 6.08 Å². The van der Waals surface area contributed by atoms with Gasteiger partial charge < -0.3 is 9.47 Å². The Balaban J connectivity index is 1.88. The van der Waals surface area contributed by atoms with Crippen LogP contribution in [-0.4, -0.2) is 29.3 Å². The molecule has 0 saturated carbocycles. The highest BCUT2D eigenvalue weighted by atomic mass is 127. The van der Waals surface area contributed by atoms with Crippen molar-refractivity contribution in [3.05, 3.63) is 61.6 Å². The molecule has 0 atom stereocenters. The van der Waals surface area contributed by atoms with Crippen molar-refractivity contribution in [2.45, 2.75) is 27.3 Å². The lowest BCUT2D eigenvalue weighted by Gasteiger charge is -2.14. The summed E-state index contributed by atoms with van der Waals surface area (Å²) < 4.78 is 12.3. The van der Waals surface area contributed by atoms with Gasteiger partial charge in [0.1, 0.15) is 0 Å². The molecule has 2 aromatic carbocycles. The molecular weight excluding hydrogens is 501 g/mol. The summed E-state index contributed by atoms with van der Waals surface area (Å²) in [5, 5.41) is -0.254. The lowest BCUT2D eigenvalue weighted by Crippen LogP contribution is -2.27. The average Bonchev–Trinajstić information content (AvgIpc) is 2.94. The number of carbonyl (C=O) groups is 2. The van der Waals surface area contributed by atoms with Crippen LogP contribution in [0.5, 0.6) is 11.5 Å². The minimum absolute atomic E-state index is 0.254. The number of benzene rings is 2. The third-order valence-corrected chi connectivity index (χ3v) is 6.09. The number of thioether (sulfide) groups is 1. The fourth-order valence-electron chi connectivity index (χ4n) is 2.96. The second-order valence-corrected chi connectivity index (χ2v) is 8.55. The summed E-state index contributed by atoms with van der Waals surface area (Å²) >= 11 is 3.16. The van der Waals surface area contributed by atoms with Crippen LogP contribution in [0.2, 0.25) is 0 Å². The van der Waals surface area contributed by atoms with Gasteiger partial charge in [-0.15, -0.1) is 0 Å². The van der Waals surface area contributed by atoms with E-state index in [2.05, 4.69) is 22.6 Å². The first-order valence-corrected chi connectivity index (χ1v) is 11.2. The van der Waals surface area contributed by atoms with Gasteiger partial charge in [0.2, 0.25) is 0 Å². The first-order valence-electron chi connectivity index (χ1n) is 9.33. The molecule has 0 radical (unpaired) electrons. The number of hydrogen-bond donors (Lipinski definition) is 0. The van der Waals surface area contributed by atoms with E-state index >= 15 is 0 Å². The molecular formula is C22H22INO4S. The second kappa shape index (κ2) is 9.67. The maximum absolute atomic E-state index is 12.9. The maximum atomic E-state index is 12.9. The summed E-state index contributed by atoms with van der Waals surface area (Å²) in [5.74, 6) is 1.05. The first kappa shape index (κ1) is 21.7. The third kappa shape index (κ3) is 4.95. The molecule has 1 aliphatic heterocycles. The minimum atomic E-state index is -0.273. The average molecular weight is 523 g/mol. The van der Waals surface area contributed by atoms with E-state index in [4.69, 9.17) is 9.47 Å². The van der Waals surface area contributed by atoms with Crippen molar-refractivity contribution >= 4 is 51.6 Å². The molecule has 0 aliphatic carbocycles. The monoisotopic (exact) mass is 523 g/mol. The van der Waals surface area contributed by atoms with E-state index in [1.807, 2.05) is 57.2 Å². The maximum Gasteiger partial charge on any atom is 0.293 e. The van der Waals surface area contributed by atoms with E-state index in [9.17, 15) is 9.59 Å². The summed E-state index contributed by atoms with van der Waals surface area (Å²) in [4.78, 5) is 27.0. The molecule has 1 aliphatic rings. The predicted molar refractivity (Wildman–Crippen MR) is 124 cm³/mol. The van der Waals surface area contributed by atoms with Crippen LogP contribution in [0.1, 0.15) is 30.5 Å². The van der Waals surface area contributed by atoms with Crippen LogP contribution in [0.3, 0.4) is 0 Å². The molecule has 3 rings (SSSR count). The smallest absolute Gasteiger partial charge is 0.293 e. The van der Waals surface area contributed by atoms with Crippen LogP contribution in [0.25, 0.3) is 6.08 Å². The quantitative estimate of drug-likeness (QED) is 0.348. The predicted octanol–water partition coefficient (Wildman–Crippen LogP) is 5.63. The molecule has 5 nitrogen and oxygen atoms in total. The van der Waals surface area contributed by atoms with E-state index in [0.29, 0.717) is 29.6 Å². The number of hydrogen-bond acceptors (Lipinski definition) is 5. The number of imide groups is 1. The Labute approximate surface area is 188 Å². The Bertz CT molecular complexity index is 973. The molecule has 0 N–H and O–H groups in total. The van der Waals surface area contributed by atoms with E-state index in [0.717, 1.165) is 32.0 Å². The number of halogens is 1. The lowest BCUT2D eigenvalue weighted by molar-refractivity contribution is -0.123. The summed E-state index contributed by atoms with van der Waals surface area (Å²) in [6.07, 6.45) is 1.74. The number of amides is 2. The lowest BCUT2D eigenvalue weighted by atomic mass is 10.1. The molecule has 2 aromatic rings. The molecule has 1 saturated heterocycles. The van der Waals surface area contributed by atoms with Crippen molar-refractivity contribution in [2.24, 2.45) is 0 Å². The van der Waals surface area contributed by atoms with Crippen molar-refractivity contribution in [3.8, 4) is 11.5 Å². The molecule has 7 heteroatoms. The molecule has 29 heavy (non-hydrogen) atoms. The van der Waals surface area contributed by atoms with Gasteiger partial charge in [-0.1, -0.05) is 24.3 Å². The van der Waals surface area contributed by atoms with Crippen LogP contribution in [0.15, 0.2) is 41.3 Å². The molecule has 0 unspecified atom stereocenters. The Morgan fingerprint density at radius 3 is 2.52 bits per heavy atom. The molecule has 0 spiro atoms. The van der Waals surface area contributed by atoms with Gasteiger partial charge in [-0.25, -0.2) is 0 Å². The van der Waals surface area contributed by atoms with Gasteiger partial charge in [-0.3, -0.25) is 14.5 Å². The zero-order chi connectivity index (χ0) is 21.0. The molecule has 1 heterocycles. The highest BCUT2D eigenvalue weighted by molar-refractivity contribution is 14.1. The minimum Gasteiger partial charge on any atom is -0.490 e. The van der Waals surface area contributed by atoms with Crippen LogP contribution in [0.4, 0.5) is 4.79 Å². The molecule has 2 amide bonds. The summed E-state index contributed by atoms with van der Waals surface area (Å²) in [6, 6.07) is 11.5. The largest absolute Gasteiger partial charge is 0.490 e. The Morgan fingerprint density at radius 1 is 1.10 bits per heavy atom. The van der Waals surface area contributed by atoms with E-state index < -0.39 is 0 Å². The van der Waals surface area contributed by atoms with Gasteiger partial charge in [-0.05, 0) is 90.0 Å². The van der Waals surface area contributed by atoms with Gasteiger partial charge in [0.05, 0.1) is 28.2 Å². The van der Waals surface area contributed by atoms with Gasteiger partial charge in [0.25, 0.3) is 11.1 Å². The van der Waals surface area contributed by atoms with Crippen molar-refractivity contribution < 1.29 is 19.1 Å². The zero-order valence-corrected chi connectivity index (χ0v) is 19.5. The number of aryl methyl sites for hydroxylation is 1. The zero-order valence-electron chi connectivity index (χ0n) is 16.5. The summed E-state index contributed by atoms with van der Waals surface area (Å²) in [5.41, 5.74) is 2.81. The van der Waals surface area contributed by atoms with Crippen LogP contribution < -0.4 is 9.47 Å². The fraction of sp³-hybridized carbons (Fsp3) is 0.273. The number of rotatable bonds is 7. The molecule has 152 valence electrons. The van der Waals surface area contributed by atoms with Crippen molar-refractivity contribution in [1.29, 1.82) is 0 Å². The number of ether oxygens (including phenoxy) is 2. The van der Waals surface area contributed by atoms with Crippen molar-refractivity contribution in [1.82, 2.24) is 4.90 Å². The number of nitrogens with zero attached hydrogens (tertiary/aromatic N) is 1. The van der Waals surface area contributed by atoms with Crippen molar-refractivity contribution in [3.63, 3.8) is 0 Å². The van der Waals surface area contributed by atoms with Crippen molar-refractivity contribution in [2.75, 3.05) is 13.2 Å². The highest BCUT2D eigenvalue weighted by Crippen LogP contribution is 2.38. The van der Waals surface area contributed by atoms with Gasteiger partial charge >= 0.3 is 0 Å². The van der Waals surface area contributed by atoms with Crippen LogP contribution >= 0.6 is 34.4 Å². The topological polar surface area (TPSA) is 55.8 Å². The standard InChI is InChI=1S/C22H22INO4S/c1-4-27-18-11-15(10-17(23)20(18)28-5-2)12-19-21(25)24(22(26)29-19)13-16-9-7-6-8-14(16)3/h6-12H,4-5,13H2,1-3H3/b19-12-.